The van der Waals surface area contributed by atoms with Crippen LogP contribution in [-0.4, -0.2) is 29.1 Å². The van der Waals surface area contributed by atoms with Crippen molar-refractivity contribution in [3.8, 4) is 12.3 Å². The van der Waals surface area contributed by atoms with Crippen LogP contribution in [0.25, 0.3) is 0 Å². The number of rotatable bonds is 5. The van der Waals surface area contributed by atoms with Crippen LogP contribution < -0.4 is 0 Å². The third-order valence-electron chi connectivity index (χ3n) is 2.45. The first-order chi connectivity index (χ1) is 9.24. The molecule has 7 heteroatoms. The number of carbonyl (C=O) groups is 1. The van der Waals surface area contributed by atoms with Gasteiger partial charge in [-0.25, -0.2) is 4.39 Å². The van der Waals surface area contributed by atoms with E-state index in [1.807, 2.05) is 0 Å². The average Bonchev–Trinajstić information content (AvgIpc) is 2.29. The summed E-state index contributed by atoms with van der Waals surface area (Å²) < 4.78 is 51.3. The van der Waals surface area contributed by atoms with E-state index >= 15 is 0 Å². The van der Waals surface area contributed by atoms with Crippen molar-refractivity contribution in [2.45, 2.75) is 12.7 Å². The van der Waals surface area contributed by atoms with Crippen LogP contribution in [0.1, 0.15) is 11.1 Å². The van der Waals surface area contributed by atoms with Gasteiger partial charge in [-0.2, -0.15) is 13.2 Å². The summed E-state index contributed by atoms with van der Waals surface area (Å²) in [7, 11) is 0. The molecule has 1 N–H and O–H groups in total. The second kappa shape index (κ2) is 6.39. The van der Waals surface area contributed by atoms with Crippen LogP contribution in [0.5, 0.6) is 0 Å². The molecule has 0 amide bonds. The van der Waals surface area contributed by atoms with Crippen LogP contribution in [0.4, 0.5) is 17.6 Å². The third-order valence-corrected chi connectivity index (χ3v) is 2.45. The molecule has 0 spiro atoms. The van der Waals surface area contributed by atoms with E-state index in [2.05, 4.69) is 5.92 Å². The van der Waals surface area contributed by atoms with Crippen molar-refractivity contribution in [3.05, 3.63) is 35.1 Å². The molecule has 0 aromatic heterocycles. The molecule has 0 atom stereocenters. The van der Waals surface area contributed by atoms with Gasteiger partial charge in [-0.05, 0) is 17.7 Å². The third kappa shape index (κ3) is 4.55. The molecule has 0 aliphatic carbocycles. The highest BCUT2D eigenvalue weighted by Crippen LogP contribution is 2.33. The minimum absolute atomic E-state index is 0.124. The van der Waals surface area contributed by atoms with Gasteiger partial charge in [0.2, 0.25) is 0 Å². The van der Waals surface area contributed by atoms with Gasteiger partial charge >= 0.3 is 12.1 Å². The van der Waals surface area contributed by atoms with E-state index in [0.717, 1.165) is 17.0 Å². The number of terminal acetylenes is 1. The maximum absolute atomic E-state index is 12.9. The molecule has 1 rings (SSSR count). The number of hydrogen-bond acceptors (Lipinski definition) is 2. The molecule has 20 heavy (non-hydrogen) atoms. The zero-order valence-electron chi connectivity index (χ0n) is 10.2. The van der Waals surface area contributed by atoms with Crippen molar-refractivity contribution in [2.24, 2.45) is 0 Å². The fourth-order valence-electron chi connectivity index (χ4n) is 1.68. The topological polar surface area (TPSA) is 40.5 Å². The second-order valence-corrected chi connectivity index (χ2v) is 4.04. The molecule has 0 heterocycles. The monoisotopic (exact) mass is 289 g/mol. The van der Waals surface area contributed by atoms with Crippen molar-refractivity contribution in [3.63, 3.8) is 0 Å². The normalized spacial score (nSPS) is 11.4. The van der Waals surface area contributed by atoms with Gasteiger partial charge in [0.15, 0.2) is 0 Å². The zero-order chi connectivity index (χ0) is 15.3. The highest BCUT2D eigenvalue weighted by atomic mass is 19.4. The van der Waals surface area contributed by atoms with Gasteiger partial charge in [0.25, 0.3) is 0 Å². The van der Waals surface area contributed by atoms with Crippen molar-refractivity contribution >= 4 is 5.97 Å². The molecular formula is C13H11F4NO2. The summed E-state index contributed by atoms with van der Waals surface area (Å²) in [5, 5.41) is 8.67. The lowest BCUT2D eigenvalue weighted by Crippen LogP contribution is -2.30. The predicted octanol–water partition coefficient (Wildman–Crippen LogP) is 2.36. The second-order valence-electron chi connectivity index (χ2n) is 4.04. The van der Waals surface area contributed by atoms with E-state index in [1.165, 1.54) is 0 Å². The summed E-state index contributed by atoms with van der Waals surface area (Å²) in [6, 6.07) is 2.24. The quantitative estimate of drug-likeness (QED) is 0.668. The molecule has 0 unspecified atom stereocenters. The Morgan fingerprint density at radius 3 is 2.55 bits per heavy atom. The smallest absolute Gasteiger partial charge is 0.416 e. The summed E-state index contributed by atoms with van der Waals surface area (Å²) in [4.78, 5) is 11.8. The van der Waals surface area contributed by atoms with E-state index in [9.17, 15) is 22.4 Å². The van der Waals surface area contributed by atoms with E-state index in [4.69, 9.17) is 11.5 Å². The molecule has 0 radical (unpaired) electrons. The predicted molar refractivity (Wildman–Crippen MR) is 63.1 cm³/mol. The number of aliphatic carboxylic acids is 1. The Morgan fingerprint density at radius 2 is 2.05 bits per heavy atom. The van der Waals surface area contributed by atoms with Gasteiger partial charge in [0, 0.05) is 6.54 Å². The molecule has 1 aromatic carbocycles. The molecule has 0 bridgehead atoms. The Bertz CT molecular complexity index is 534. The van der Waals surface area contributed by atoms with Crippen molar-refractivity contribution in [1.29, 1.82) is 0 Å². The Hall–Kier alpha value is -2.07. The van der Waals surface area contributed by atoms with Crippen molar-refractivity contribution in [1.82, 2.24) is 4.90 Å². The zero-order valence-corrected chi connectivity index (χ0v) is 10.2. The number of nitrogens with zero attached hydrogens (tertiary/aromatic N) is 1. The van der Waals surface area contributed by atoms with Crippen LogP contribution >= 0.6 is 0 Å². The summed E-state index contributed by atoms with van der Waals surface area (Å²) in [5.41, 5.74) is -1.36. The highest BCUT2D eigenvalue weighted by molar-refractivity contribution is 5.69. The van der Waals surface area contributed by atoms with Crippen LogP contribution in [-0.2, 0) is 17.5 Å². The summed E-state index contributed by atoms with van der Waals surface area (Å²) in [5.74, 6) is -0.0531. The maximum Gasteiger partial charge on any atom is 0.416 e. The highest BCUT2D eigenvalue weighted by Gasteiger charge is 2.34. The first kappa shape index (κ1) is 16.0. The Labute approximate surface area is 112 Å². The fourth-order valence-corrected chi connectivity index (χ4v) is 1.68. The molecule has 3 nitrogen and oxygen atoms in total. The van der Waals surface area contributed by atoms with Gasteiger partial charge in [-0.15, -0.1) is 6.42 Å². The van der Waals surface area contributed by atoms with Crippen LogP contribution in [0.3, 0.4) is 0 Å². The van der Waals surface area contributed by atoms with Crippen LogP contribution in [0.15, 0.2) is 18.2 Å². The molecular weight excluding hydrogens is 278 g/mol. The lowest BCUT2D eigenvalue weighted by atomic mass is 10.1. The van der Waals surface area contributed by atoms with Gasteiger partial charge in [-0.3, -0.25) is 9.69 Å². The van der Waals surface area contributed by atoms with E-state index in [-0.39, 0.29) is 18.7 Å². The molecule has 1 aromatic rings. The number of halogens is 4. The minimum Gasteiger partial charge on any atom is -0.480 e. The van der Waals surface area contributed by atoms with Gasteiger partial charge in [-0.1, -0.05) is 12.0 Å². The molecule has 0 saturated carbocycles. The summed E-state index contributed by atoms with van der Waals surface area (Å²) in [6.45, 7) is -0.953. The average molecular weight is 289 g/mol. The Kier molecular flexibility index (Phi) is 5.11. The van der Waals surface area contributed by atoms with Crippen molar-refractivity contribution < 1.29 is 27.5 Å². The van der Waals surface area contributed by atoms with Crippen LogP contribution in [0.2, 0.25) is 0 Å². The Balaban J connectivity index is 3.06. The van der Waals surface area contributed by atoms with Crippen molar-refractivity contribution in [2.75, 3.05) is 13.1 Å². The largest absolute Gasteiger partial charge is 0.480 e. The molecule has 0 aliphatic rings. The SMILES string of the molecule is C#CCN(CC(=O)O)Cc1ccc(F)cc1C(F)(F)F. The van der Waals surface area contributed by atoms with E-state index in [1.54, 1.807) is 0 Å². The summed E-state index contributed by atoms with van der Waals surface area (Å²) in [6.07, 6.45) is 0.320. The first-order valence-corrected chi connectivity index (χ1v) is 5.47. The lowest BCUT2D eigenvalue weighted by molar-refractivity contribution is -0.139. The maximum atomic E-state index is 12.9. The number of carboxylic acid groups (broad SMARTS) is 1. The van der Waals surface area contributed by atoms with Gasteiger partial charge in [0.1, 0.15) is 5.82 Å². The standard InChI is InChI=1S/C13H11F4NO2/c1-2-5-18(8-12(19)20)7-9-3-4-10(14)6-11(9)13(15,16)17/h1,3-4,6H,5,7-8H2,(H,19,20). The van der Waals surface area contributed by atoms with E-state index < -0.39 is 30.1 Å². The number of benzene rings is 1. The molecule has 108 valence electrons. The first-order valence-electron chi connectivity index (χ1n) is 5.47. The van der Waals surface area contributed by atoms with E-state index in [0.29, 0.717) is 6.07 Å². The number of hydrogen-bond donors (Lipinski definition) is 1. The lowest BCUT2D eigenvalue weighted by Gasteiger charge is -2.20. The summed E-state index contributed by atoms with van der Waals surface area (Å²) >= 11 is 0. The van der Waals surface area contributed by atoms with Gasteiger partial charge < -0.3 is 5.11 Å². The number of alkyl halides is 3. The molecule has 0 aliphatic heterocycles. The molecule has 0 saturated heterocycles. The minimum atomic E-state index is -4.72. The Morgan fingerprint density at radius 1 is 1.40 bits per heavy atom. The molecule has 0 fully saturated rings. The van der Waals surface area contributed by atoms with Crippen LogP contribution in [0, 0.1) is 18.2 Å². The van der Waals surface area contributed by atoms with Gasteiger partial charge in [0.05, 0.1) is 18.7 Å². The fraction of sp³-hybridized carbons (Fsp3) is 0.308. The number of carboxylic acids is 1.